The van der Waals surface area contributed by atoms with E-state index in [0.717, 1.165) is 44.1 Å². The first-order valence-corrected chi connectivity index (χ1v) is 12.6. The molecule has 0 bridgehead atoms. The van der Waals surface area contributed by atoms with Crippen molar-refractivity contribution in [1.82, 2.24) is 9.62 Å². The van der Waals surface area contributed by atoms with E-state index in [0.29, 0.717) is 25.2 Å². The van der Waals surface area contributed by atoms with Crippen molar-refractivity contribution in [3.8, 4) is 0 Å². The number of fused-ring (bicyclic) bond motifs is 1. The third-order valence-corrected chi connectivity index (χ3v) is 8.37. The van der Waals surface area contributed by atoms with Crippen molar-refractivity contribution in [3.63, 3.8) is 0 Å². The first-order valence-electron chi connectivity index (χ1n) is 11.2. The summed E-state index contributed by atoms with van der Waals surface area (Å²) in [5.41, 5.74) is 1.47. The van der Waals surface area contributed by atoms with Crippen LogP contribution in [0.15, 0.2) is 23.1 Å². The number of aryl methyl sites for hydroxylation is 1. The van der Waals surface area contributed by atoms with Gasteiger partial charge in [0.1, 0.15) is 6.54 Å². The van der Waals surface area contributed by atoms with Gasteiger partial charge in [0.2, 0.25) is 21.8 Å². The molecule has 2 heterocycles. The highest BCUT2D eigenvalue weighted by Gasteiger charge is 2.31. The van der Waals surface area contributed by atoms with Gasteiger partial charge in [0.15, 0.2) is 0 Å². The van der Waals surface area contributed by atoms with Gasteiger partial charge in [-0.25, -0.2) is 8.42 Å². The van der Waals surface area contributed by atoms with Gasteiger partial charge in [0.25, 0.3) is 0 Å². The van der Waals surface area contributed by atoms with Crippen molar-refractivity contribution in [2.24, 2.45) is 0 Å². The van der Waals surface area contributed by atoms with Gasteiger partial charge in [0.05, 0.1) is 4.90 Å². The number of hydrogen-bond donors (Lipinski definition) is 1. The topological polar surface area (TPSA) is 86.8 Å². The molecule has 1 N–H and O–H groups in total. The quantitative estimate of drug-likeness (QED) is 0.723. The molecule has 30 heavy (non-hydrogen) atoms. The lowest BCUT2D eigenvalue weighted by Crippen LogP contribution is -2.45. The molecule has 0 radical (unpaired) electrons. The molecule has 2 amide bonds. The van der Waals surface area contributed by atoms with Crippen molar-refractivity contribution >= 4 is 27.5 Å². The van der Waals surface area contributed by atoms with Gasteiger partial charge in [-0.2, -0.15) is 4.31 Å². The van der Waals surface area contributed by atoms with Crippen LogP contribution in [-0.4, -0.2) is 50.2 Å². The average molecular weight is 434 g/mol. The molecule has 0 aromatic heterocycles. The molecule has 8 heteroatoms. The first kappa shape index (κ1) is 21.3. The molecule has 1 aromatic carbocycles. The van der Waals surface area contributed by atoms with Crippen molar-refractivity contribution in [3.05, 3.63) is 23.8 Å². The van der Waals surface area contributed by atoms with Crippen LogP contribution >= 0.6 is 0 Å². The third kappa shape index (κ3) is 4.54. The zero-order valence-electron chi connectivity index (χ0n) is 17.4. The SMILES string of the molecule is O=C(CN1C(=O)CCc2cc(S(=O)(=O)N3CCCC3)ccc21)NC1CCCCCC1. The number of nitrogens with one attached hydrogen (secondary N) is 1. The van der Waals surface area contributed by atoms with Crippen LogP contribution in [0.2, 0.25) is 0 Å². The smallest absolute Gasteiger partial charge is 0.243 e. The van der Waals surface area contributed by atoms with Gasteiger partial charge in [-0.1, -0.05) is 25.7 Å². The molecule has 1 aromatic rings. The van der Waals surface area contributed by atoms with E-state index in [-0.39, 0.29) is 35.7 Å². The number of nitrogens with zero attached hydrogens (tertiary/aromatic N) is 2. The van der Waals surface area contributed by atoms with Crippen LogP contribution < -0.4 is 10.2 Å². The Hall–Kier alpha value is -1.93. The van der Waals surface area contributed by atoms with Gasteiger partial charge in [-0.15, -0.1) is 0 Å². The number of carbonyl (C=O) groups is 2. The highest BCUT2D eigenvalue weighted by Crippen LogP contribution is 2.31. The number of rotatable bonds is 5. The maximum absolute atomic E-state index is 12.9. The maximum atomic E-state index is 12.9. The fourth-order valence-electron chi connectivity index (χ4n) is 4.79. The summed E-state index contributed by atoms with van der Waals surface area (Å²) in [5, 5.41) is 3.09. The number of carbonyl (C=O) groups excluding carboxylic acids is 2. The number of anilines is 1. The Morgan fingerprint density at radius 1 is 1.00 bits per heavy atom. The van der Waals surface area contributed by atoms with Gasteiger partial charge >= 0.3 is 0 Å². The van der Waals surface area contributed by atoms with Gasteiger partial charge in [-0.05, 0) is 55.9 Å². The molecule has 2 fully saturated rings. The molecular weight excluding hydrogens is 402 g/mol. The Morgan fingerprint density at radius 3 is 2.40 bits per heavy atom. The normalized spacial score (nSPS) is 21.3. The number of amides is 2. The van der Waals surface area contributed by atoms with Crippen molar-refractivity contribution in [2.75, 3.05) is 24.5 Å². The lowest BCUT2D eigenvalue weighted by atomic mass is 10.0. The number of benzene rings is 1. The van der Waals surface area contributed by atoms with Crippen molar-refractivity contribution < 1.29 is 18.0 Å². The fraction of sp³-hybridized carbons (Fsp3) is 0.636. The Bertz CT molecular complexity index is 901. The van der Waals surface area contributed by atoms with Crippen molar-refractivity contribution in [2.45, 2.75) is 75.1 Å². The minimum absolute atomic E-state index is 0.0133. The lowest BCUT2D eigenvalue weighted by Gasteiger charge is -2.30. The molecule has 2 aliphatic heterocycles. The van der Waals surface area contributed by atoms with E-state index in [1.54, 1.807) is 18.2 Å². The van der Waals surface area contributed by atoms with Crippen LogP contribution in [0.1, 0.15) is 63.4 Å². The molecule has 4 rings (SSSR count). The predicted molar refractivity (Wildman–Crippen MR) is 115 cm³/mol. The zero-order valence-corrected chi connectivity index (χ0v) is 18.3. The minimum Gasteiger partial charge on any atom is -0.352 e. The van der Waals surface area contributed by atoms with E-state index in [1.807, 2.05) is 0 Å². The Morgan fingerprint density at radius 2 is 1.70 bits per heavy atom. The van der Waals surface area contributed by atoms with E-state index >= 15 is 0 Å². The van der Waals surface area contributed by atoms with E-state index in [1.165, 1.54) is 22.0 Å². The summed E-state index contributed by atoms with van der Waals surface area (Å²) < 4.78 is 27.3. The molecule has 1 aliphatic carbocycles. The minimum atomic E-state index is -3.50. The third-order valence-electron chi connectivity index (χ3n) is 6.48. The predicted octanol–water partition coefficient (Wildman–Crippen LogP) is 2.59. The molecular formula is C22H31N3O4S. The Labute approximate surface area is 178 Å². The molecule has 3 aliphatic rings. The van der Waals surface area contributed by atoms with Crippen molar-refractivity contribution in [1.29, 1.82) is 0 Å². The van der Waals surface area contributed by atoms with E-state index in [9.17, 15) is 18.0 Å². The van der Waals surface area contributed by atoms with Crippen LogP contribution in [0.3, 0.4) is 0 Å². The summed E-state index contributed by atoms with van der Waals surface area (Å²) in [4.78, 5) is 27.0. The highest BCUT2D eigenvalue weighted by molar-refractivity contribution is 7.89. The van der Waals surface area contributed by atoms with Crippen LogP contribution in [0.4, 0.5) is 5.69 Å². The molecule has 0 unspecified atom stereocenters. The summed E-state index contributed by atoms with van der Waals surface area (Å²) in [6.07, 6.45) is 9.25. The second-order valence-electron chi connectivity index (χ2n) is 8.64. The summed E-state index contributed by atoms with van der Waals surface area (Å²) >= 11 is 0. The second-order valence-corrected chi connectivity index (χ2v) is 10.6. The monoisotopic (exact) mass is 433 g/mol. The average Bonchev–Trinajstić information content (AvgIpc) is 3.17. The van der Waals surface area contributed by atoms with Crippen LogP contribution in [-0.2, 0) is 26.0 Å². The van der Waals surface area contributed by atoms with E-state index in [4.69, 9.17) is 0 Å². The van der Waals surface area contributed by atoms with E-state index in [2.05, 4.69) is 5.32 Å². The summed E-state index contributed by atoms with van der Waals surface area (Å²) in [6, 6.07) is 5.13. The molecule has 1 saturated carbocycles. The van der Waals surface area contributed by atoms with Crippen LogP contribution in [0, 0.1) is 0 Å². The van der Waals surface area contributed by atoms with Crippen LogP contribution in [0.5, 0.6) is 0 Å². The molecule has 0 spiro atoms. The standard InChI is InChI=1S/C22H31N3O4S/c26-21(23-18-7-3-1-2-4-8-18)16-25-20-11-10-19(15-17(20)9-12-22(25)27)30(28,29)24-13-5-6-14-24/h10-11,15,18H,1-9,12-14,16H2,(H,23,26). The molecule has 164 valence electrons. The largest absolute Gasteiger partial charge is 0.352 e. The van der Waals surface area contributed by atoms with Gasteiger partial charge in [0, 0.05) is 31.2 Å². The maximum Gasteiger partial charge on any atom is 0.243 e. The van der Waals surface area contributed by atoms with Gasteiger partial charge in [-0.3, -0.25) is 9.59 Å². The lowest BCUT2D eigenvalue weighted by molar-refractivity contribution is -0.124. The number of hydrogen-bond acceptors (Lipinski definition) is 4. The Balaban J connectivity index is 1.49. The summed E-state index contributed by atoms with van der Waals surface area (Å²) in [6.45, 7) is 1.11. The second kappa shape index (κ2) is 9.06. The van der Waals surface area contributed by atoms with Gasteiger partial charge < -0.3 is 10.2 Å². The van der Waals surface area contributed by atoms with Crippen LogP contribution in [0.25, 0.3) is 0 Å². The number of sulfonamides is 1. The first-order chi connectivity index (χ1) is 14.4. The molecule has 7 nitrogen and oxygen atoms in total. The van der Waals surface area contributed by atoms with E-state index < -0.39 is 10.0 Å². The highest BCUT2D eigenvalue weighted by atomic mass is 32.2. The Kier molecular flexibility index (Phi) is 6.43. The summed E-state index contributed by atoms with van der Waals surface area (Å²) in [7, 11) is -3.50. The molecule has 1 saturated heterocycles. The molecule has 0 atom stereocenters. The zero-order chi connectivity index (χ0) is 21.1. The summed E-state index contributed by atoms with van der Waals surface area (Å²) in [5.74, 6) is -0.231. The fourth-order valence-corrected chi connectivity index (χ4v) is 6.36.